The minimum Gasteiger partial charge on any atom is -0.481 e. The Balaban J connectivity index is 2.43. The van der Waals surface area contributed by atoms with Gasteiger partial charge in [-0.15, -0.1) is 0 Å². The molecule has 1 aliphatic rings. The van der Waals surface area contributed by atoms with Crippen LogP contribution in [0.25, 0.3) is 0 Å². The number of carbonyl (C=O) groups is 2. The van der Waals surface area contributed by atoms with Gasteiger partial charge in [0.1, 0.15) is 0 Å². The average Bonchev–Trinajstić information content (AvgIpc) is 2.94. The molecule has 0 amide bonds. The van der Waals surface area contributed by atoms with Crippen molar-refractivity contribution >= 4 is 11.9 Å². The zero-order chi connectivity index (χ0) is 14.6. The van der Waals surface area contributed by atoms with Gasteiger partial charge >= 0.3 is 11.9 Å². The Kier molecular flexibility index (Phi) is 4.42. The Morgan fingerprint density at radius 1 is 1.10 bits per heavy atom. The summed E-state index contributed by atoms with van der Waals surface area (Å²) in [4.78, 5) is 23.0. The van der Waals surface area contributed by atoms with Gasteiger partial charge < -0.3 is 10.2 Å². The molecule has 20 heavy (non-hydrogen) atoms. The summed E-state index contributed by atoms with van der Waals surface area (Å²) in [6, 6.07) is 9.12. The second-order valence-corrected chi connectivity index (χ2v) is 5.52. The first-order valence-corrected chi connectivity index (χ1v) is 7.08. The fourth-order valence-corrected chi connectivity index (χ4v) is 3.45. The van der Waals surface area contributed by atoms with Crippen LogP contribution in [0.2, 0.25) is 0 Å². The minimum absolute atomic E-state index is 0.0294. The van der Waals surface area contributed by atoms with Gasteiger partial charge in [-0.2, -0.15) is 0 Å². The van der Waals surface area contributed by atoms with Gasteiger partial charge in [0, 0.05) is 6.42 Å². The Morgan fingerprint density at radius 3 is 2.20 bits per heavy atom. The number of hydrogen-bond donors (Lipinski definition) is 2. The molecule has 0 spiro atoms. The van der Waals surface area contributed by atoms with Gasteiger partial charge in [0.15, 0.2) is 0 Å². The van der Waals surface area contributed by atoms with Gasteiger partial charge in [-0.1, -0.05) is 43.2 Å². The molecule has 1 aliphatic carbocycles. The second-order valence-electron chi connectivity index (χ2n) is 5.52. The normalized spacial score (nSPS) is 18.6. The van der Waals surface area contributed by atoms with Crippen LogP contribution in [-0.2, 0) is 15.0 Å². The molecule has 0 bridgehead atoms. The standard InChI is InChI=1S/C16H20O4/c17-14(18)10-11-16(15(19)20,13-8-4-5-9-13)12-6-2-1-3-7-12/h1-3,6-7,13H,4-5,8-11H2,(H,17,18)(H,19,20). The molecule has 4 nitrogen and oxygen atoms in total. The van der Waals surface area contributed by atoms with Crippen LogP contribution >= 0.6 is 0 Å². The van der Waals surface area contributed by atoms with Gasteiger partial charge in [-0.05, 0) is 30.7 Å². The first-order valence-electron chi connectivity index (χ1n) is 7.08. The molecule has 108 valence electrons. The lowest BCUT2D eigenvalue weighted by Gasteiger charge is -2.35. The molecule has 1 saturated carbocycles. The molecular formula is C16H20O4. The third-order valence-corrected chi connectivity index (χ3v) is 4.46. The van der Waals surface area contributed by atoms with Crippen molar-refractivity contribution in [3.63, 3.8) is 0 Å². The maximum atomic E-state index is 12.0. The highest BCUT2D eigenvalue weighted by Gasteiger charge is 2.47. The van der Waals surface area contributed by atoms with E-state index in [0.717, 1.165) is 31.2 Å². The van der Waals surface area contributed by atoms with Crippen molar-refractivity contribution in [2.24, 2.45) is 5.92 Å². The topological polar surface area (TPSA) is 74.6 Å². The largest absolute Gasteiger partial charge is 0.481 e. The maximum Gasteiger partial charge on any atom is 0.314 e. The quantitative estimate of drug-likeness (QED) is 0.837. The number of rotatable bonds is 6. The van der Waals surface area contributed by atoms with Crippen molar-refractivity contribution in [3.05, 3.63) is 35.9 Å². The second kappa shape index (κ2) is 6.07. The summed E-state index contributed by atoms with van der Waals surface area (Å²) >= 11 is 0. The number of hydrogen-bond acceptors (Lipinski definition) is 2. The Bertz CT molecular complexity index is 477. The van der Waals surface area contributed by atoms with E-state index in [1.54, 1.807) is 0 Å². The van der Waals surface area contributed by atoms with Crippen LogP contribution in [0.15, 0.2) is 30.3 Å². The summed E-state index contributed by atoms with van der Waals surface area (Å²) in [7, 11) is 0. The van der Waals surface area contributed by atoms with E-state index in [4.69, 9.17) is 5.11 Å². The van der Waals surface area contributed by atoms with Crippen molar-refractivity contribution < 1.29 is 19.8 Å². The Morgan fingerprint density at radius 2 is 1.70 bits per heavy atom. The summed E-state index contributed by atoms with van der Waals surface area (Å²) in [5.41, 5.74) is -0.323. The van der Waals surface area contributed by atoms with Crippen molar-refractivity contribution in [1.82, 2.24) is 0 Å². The van der Waals surface area contributed by atoms with Gasteiger partial charge in [0.05, 0.1) is 5.41 Å². The Labute approximate surface area is 118 Å². The van der Waals surface area contributed by atoms with Gasteiger partial charge in [0.2, 0.25) is 0 Å². The monoisotopic (exact) mass is 276 g/mol. The Hall–Kier alpha value is -1.84. The van der Waals surface area contributed by atoms with Crippen LogP contribution in [0.1, 0.15) is 44.1 Å². The zero-order valence-electron chi connectivity index (χ0n) is 11.4. The third-order valence-electron chi connectivity index (χ3n) is 4.46. The molecule has 2 rings (SSSR count). The zero-order valence-corrected chi connectivity index (χ0v) is 11.4. The molecule has 0 saturated heterocycles. The smallest absolute Gasteiger partial charge is 0.314 e. The molecular weight excluding hydrogens is 256 g/mol. The van der Waals surface area contributed by atoms with E-state index in [9.17, 15) is 14.7 Å². The molecule has 0 aromatic heterocycles. The first-order chi connectivity index (χ1) is 9.57. The van der Waals surface area contributed by atoms with E-state index in [1.165, 1.54) is 0 Å². The SMILES string of the molecule is O=C(O)CCC(C(=O)O)(c1ccccc1)C1CCCC1. The van der Waals surface area contributed by atoms with E-state index in [0.29, 0.717) is 0 Å². The molecule has 1 unspecified atom stereocenters. The van der Waals surface area contributed by atoms with Crippen molar-refractivity contribution in [2.45, 2.75) is 43.9 Å². The third kappa shape index (κ3) is 2.69. The van der Waals surface area contributed by atoms with Gasteiger partial charge in [0.25, 0.3) is 0 Å². The highest BCUT2D eigenvalue weighted by molar-refractivity contribution is 5.83. The summed E-state index contributed by atoms with van der Waals surface area (Å²) in [6.45, 7) is 0. The summed E-state index contributed by atoms with van der Waals surface area (Å²) in [5.74, 6) is -1.80. The fourth-order valence-electron chi connectivity index (χ4n) is 3.45. The highest BCUT2D eigenvalue weighted by atomic mass is 16.4. The molecule has 1 fully saturated rings. The molecule has 4 heteroatoms. The molecule has 0 heterocycles. The lowest BCUT2D eigenvalue weighted by molar-refractivity contribution is -0.147. The lowest BCUT2D eigenvalue weighted by atomic mass is 9.66. The van der Waals surface area contributed by atoms with E-state index in [-0.39, 0.29) is 18.8 Å². The van der Waals surface area contributed by atoms with Crippen LogP contribution in [0.4, 0.5) is 0 Å². The fraction of sp³-hybridized carbons (Fsp3) is 0.500. The van der Waals surface area contributed by atoms with Crippen LogP contribution in [-0.4, -0.2) is 22.2 Å². The molecule has 0 radical (unpaired) electrons. The van der Waals surface area contributed by atoms with E-state index in [1.807, 2.05) is 30.3 Å². The summed E-state index contributed by atoms with van der Waals surface area (Å²) in [5, 5.41) is 18.8. The number of benzene rings is 1. The van der Waals surface area contributed by atoms with Crippen LogP contribution in [0.3, 0.4) is 0 Å². The van der Waals surface area contributed by atoms with E-state index in [2.05, 4.69) is 0 Å². The average molecular weight is 276 g/mol. The molecule has 1 aromatic rings. The molecule has 1 aromatic carbocycles. The lowest BCUT2D eigenvalue weighted by Crippen LogP contribution is -2.42. The van der Waals surface area contributed by atoms with Crippen molar-refractivity contribution in [1.29, 1.82) is 0 Å². The summed E-state index contributed by atoms with van der Waals surface area (Å²) < 4.78 is 0. The van der Waals surface area contributed by atoms with E-state index >= 15 is 0 Å². The number of carboxylic acids is 2. The predicted molar refractivity (Wildman–Crippen MR) is 74.6 cm³/mol. The van der Waals surface area contributed by atoms with Crippen molar-refractivity contribution in [2.75, 3.05) is 0 Å². The predicted octanol–water partition coefficient (Wildman–Crippen LogP) is 3.06. The first kappa shape index (κ1) is 14.6. The minimum atomic E-state index is -1.06. The van der Waals surface area contributed by atoms with Crippen molar-refractivity contribution in [3.8, 4) is 0 Å². The molecule has 0 aliphatic heterocycles. The van der Waals surface area contributed by atoms with Crippen LogP contribution in [0, 0.1) is 5.92 Å². The molecule has 1 atom stereocenters. The highest BCUT2D eigenvalue weighted by Crippen LogP contribution is 2.45. The van der Waals surface area contributed by atoms with Crippen LogP contribution in [0.5, 0.6) is 0 Å². The number of carboxylic acid groups (broad SMARTS) is 2. The van der Waals surface area contributed by atoms with Gasteiger partial charge in [-0.3, -0.25) is 9.59 Å². The molecule has 2 N–H and O–H groups in total. The number of aliphatic carboxylic acids is 2. The summed E-state index contributed by atoms with van der Waals surface area (Å²) in [6.07, 6.45) is 3.82. The van der Waals surface area contributed by atoms with Crippen LogP contribution < -0.4 is 0 Å². The van der Waals surface area contributed by atoms with E-state index < -0.39 is 17.4 Å². The maximum absolute atomic E-state index is 12.0. The van der Waals surface area contributed by atoms with Gasteiger partial charge in [-0.25, -0.2) is 0 Å².